The number of nitrogens with zero attached hydrogens (tertiary/aromatic N) is 1. The average Bonchev–Trinajstić information content (AvgIpc) is 3.20. The third-order valence-corrected chi connectivity index (χ3v) is 5.82. The van der Waals surface area contributed by atoms with E-state index in [0.717, 1.165) is 10.9 Å². The molecule has 0 aliphatic heterocycles. The molecule has 3 atom stereocenters. The summed E-state index contributed by atoms with van der Waals surface area (Å²) in [6, 6.07) is 14.3. The fourth-order valence-corrected chi connectivity index (χ4v) is 4.45. The van der Waals surface area contributed by atoms with E-state index in [2.05, 4.69) is 35.7 Å². The van der Waals surface area contributed by atoms with Crippen LogP contribution in [0.15, 0.2) is 47.6 Å². The highest BCUT2D eigenvalue weighted by Gasteiger charge is 2.64. The smallest absolute Gasteiger partial charge is 0.244 e. The number of nitrogens with one attached hydrogen (secondary N) is 1. The number of hydrogen-bond acceptors (Lipinski definition) is 2. The molecule has 3 nitrogen and oxygen atoms in total. The highest BCUT2D eigenvalue weighted by Crippen LogP contribution is 2.66. The van der Waals surface area contributed by atoms with Gasteiger partial charge in [-0.1, -0.05) is 62.2 Å². The minimum Gasteiger partial charge on any atom is -0.273 e. The molecule has 118 valence electrons. The highest BCUT2D eigenvalue weighted by molar-refractivity contribution is 6.00. The van der Waals surface area contributed by atoms with Gasteiger partial charge in [-0.05, 0) is 34.9 Å². The monoisotopic (exact) mass is 306 g/mol. The lowest BCUT2D eigenvalue weighted by atomic mass is 9.90. The Morgan fingerprint density at radius 2 is 2.04 bits per heavy atom. The number of hydrazone groups is 1. The van der Waals surface area contributed by atoms with E-state index >= 15 is 0 Å². The summed E-state index contributed by atoms with van der Waals surface area (Å²) in [7, 11) is 0. The second-order valence-electron chi connectivity index (χ2n) is 7.14. The molecule has 2 fully saturated rings. The Kier molecular flexibility index (Phi) is 3.44. The molecule has 23 heavy (non-hydrogen) atoms. The van der Waals surface area contributed by atoms with E-state index in [4.69, 9.17) is 0 Å². The molecule has 0 heterocycles. The molecule has 4 rings (SSSR count). The second kappa shape index (κ2) is 5.48. The molecule has 2 aromatic carbocycles. The Hall–Kier alpha value is -2.16. The van der Waals surface area contributed by atoms with Gasteiger partial charge in [0.1, 0.15) is 0 Å². The lowest BCUT2D eigenvalue weighted by molar-refractivity contribution is -0.123. The SMILES string of the molecule is C[C@]12CCCC[C@@H]1[C@@H]2C(=O)N/N=C/c1cccc2ccccc12. The van der Waals surface area contributed by atoms with Gasteiger partial charge in [0.2, 0.25) is 5.91 Å². The van der Waals surface area contributed by atoms with Crippen molar-refractivity contribution in [3.63, 3.8) is 0 Å². The molecule has 3 heteroatoms. The van der Waals surface area contributed by atoms with E-state index in [1.54, 1.807) is 6.21 Å². The molecule has 2 aliphatic rings. The zero-order chi connectivity index (χ0) is 15.9. The number of carbonyl (C=O) groups is 1. The molecular formula is C20H22N2O. The fraction of sp³-hybridized carbons (Fsp3) is 0.400. The summed E-state index contributed by atoms with van der Waals surface area (Å²) in [5.41, 5.74) is 4.03. The summed E-state index contributed by atoms with van der Waals surface area (Å²) < 4.78 is 0. The van der Waals surface area contributed by atoms with Crippen molar-refractivity contribution in [2.24, 2.45) is 22.4 Å². The van der Waals surface area contributed by atoms with E-state index < -0.39 is 0 Å². The topological polar surface area (TPSA) is 41.5 Å². The van der Waals surface area contributed by atoms with E-state index in [1.165, 1.54) is 31.1 Å². The summed E-state index contributed by atoms with van der Waals surface area (Å²) in [5, 5.41) is 6.55. The minimum absolute atomic E-state index is 0.0934. The molecule has 0 radical (unpaired) electrons. The van der Waals surface area contributed by atoms with Crippen LogP contribution in [0.3, 0.4) is 0 Å². The summed E-state index contributed by atoms with van der Waals surface area (Å²) in [4.78, 5) is 12.4. The normalized spacial score (nSPS) is 29.4. The van der Waals surface area contributed by atoms with Gasteiger partial charge in [0, 0.05) is 11.5 Å². The van der Waals surface area contributed by atoms with Gasteiger partial charge in [0.25, 0.3) is 0 Å². The predicted molar refractivity (Wildman–Crippen MR) is 93.2 cm³/mol. The van der Waals surface area contributed by atoms with Gasteiger partial charge >= 0.3 is 0 Å². The standard InChI is InChI=1S/C20H22N2O/c1-20-12-5-4-11-17(20)18(20)19(23)22-21-13-15-9-6-8-14-7-2-3-10-16(14)15/h2-3,6-10,13,17-18H,4-5,11-12H2,1H3,(H,22,23)/b21-13+/t17-,18-,20+/m1/s1. The Morgan fingerprint density at radius 3 is 2.87 bits per heavy atom. The molecule has 0 aromatic heterocycles. The van der Waals surface area contributed by atoms with Crippen LogP contribution in [0.1, 0.15) is 38.2 Å². The van der Waals surface area contributed by atoms with Crippen LogP contribution in [0, 0.1) is 17.3 Å². The van der Waals surface area contributed by atoms with Gasteiger partial charge in [-0.2, -0.15) is 5.10 Å². The lowest BCUT2D eigenvalue weighted by Crippen LogP contribution is -2.22. The third-order valence-electron chi connectivity index (χ3n) is 5.82. The van der Waals surface area contributed by atoms with Crippen molar-refractivity contribution in [3.05, 3.63) is 48.0 Å². The van der Waals surface area contributed by atoms with Crippen LogP contribution in [-0.4, -0.2) is 12.1 Å². The Morgan fingerprint density at radius 1 is 1.22 bits per heavy atom. The highest BCUT2D eigenvalue weighted by atomic mass is 16.2. The molecule has 2 aliphatic carbocycles. The van der Waals surface area contributed by atoms with Crippen LogP contribution < -0.4 is 5.43 Å². The van der Waals surface area contributed by atoms with Gasteiger partial charge < -0.3 is 0 Å². The van der Waals surface area contributed by atoms with Gasteiger partial charge in [-0.25, -0.2) is 5.43 Å². The van der Waals surface area contributed by atoms with Crippen molar-refractivity contribution in [1.29, 1.82) is 0 Å². The number of hydrogen-bond donors (Lipinski definition) is 1. The van der Waals surface area contributed by atoms with Crippen molar-refractivity contribution in [1.82, 2.24) is 5.43 Å². The van der Waals surface area contributed by atoms with Gasteiger partial charge in [0.05, 0.1) is 6.21 Å². The number of fused-ring (bicyclic) bond motifs is 2. The van der Waals surface area contributed by atoms with Crippen LogP contribution in [0.2, 0.25) is 0 Å². The molecule has 0 saturated heterocycles. The van der Waals surface area contributed by atoms with Crippen molar-refractivity contribution in [2.45, 2.75) is 32.6 Å². The molecule has 2 saturated carbocycles. The summed E-state index contributed by atoms with van der Waals surface area (Å²) in [6.07, 6.45) is 6.67. The van der Waals surface area contributed by atoms with Crippen LogP contribution in [0.4, 0.5) is 0 Å². The average molecular weight is 306 g/mol. The number of rotatable bonds is 3. The predicted octanol–water partition coefficient (Wildman–Crippen LogP) is 4.12. The summed E-state index contributed by atoms with van der Waals surface area (Å²) in [5.74, 6) is 0.828. The van der Waals surface area contributed by atoms with E-state index in [1.807, 2.05) is 24.3 Å². The van der Waals surface area contributed by atoms with E-state index in [-0.39, 0.29) is 17.2 Å². The Labute approximate surface area is 136 Å². The van der Waals surface area contributed by atoms with Crippen molar-refractivity contribution in [3.8, 4) is 0 Å². The zero-order valence-electron chi connectivity index (χ0n) is 13.5. The maximum absolute atomic E-state index is 12.4. The van der Waals surface area contributed by atoms with Crippen LogP contribution in [0.5, 0.6) is 0 Å². The molecule has 1 amide bonds. The van der Waals surface area contributed by atoms with Gasteiger partial charge in [0.15, 0.2) is 0 Å². The molecule has 2 aromatic rings. The largest absolute Gasteiger partial charge is 0.273 e. The summed E-state index contributed by atoms with van der Waals surface area (Å²) >= 11 is 0. The molecular weight excluding hydrogens is 284 g/mol. The Balaban J connectivity index is 1.46. The lowest BCUT2D eigenvalue weighted by Gasteiger charge is -2.15. The number of amides is 1. The molecule has 1 N–H and O–H groups in total. The maximum atomic E-state index is 12.4. The first-order valence-corrected chi connectivity index (χ1v) is 8.51. The van der Waals surface area contributed by atoms with E-state index in [0.29, 0.717) is 5.92 Å². The molecule has 0 unspecified atom stereocenters. The van der Waals surface area contributed by atoms with E-state index in [9.17, 15) is 4.79 Å². The third kappa shape index (κ3) is 2.44. The first kappa shape index (κ1) is 14.4. The number of benzene rings is 2. The Bertz CT molecular complexity index is 777. The fourth-order valence-electron chi connectivity index (χ4n) is 4.45. The van der Waals surface area contributed by atoms with Crippen LogP contribution in [-0.2, 0) is 4.79 Å². The van der Waals surface area contributed by atoms with Crippen molar-refractivity contribution < 1.29 is 4.79 Å². The van der Waals surface area contributed by atoms with Crippen molar-refractivity contribution in [2.75, 3.05) is 0 Å². The number of carbonyl (C=O) groups excluding carboxylic acids is 1. The van der Waals surface area contributed by atoms with Crippen LogP contribution >= 0.6 is 0 Å². The summed E-state index contributed by atoms with van der Waals surface area (Å²) in [6.45, 7) is 2.26. The van der Waals surface area contributed by atoms with Gasteiger partial charge in [-0.3, -0.25) is 4.79 Å². The quantitative estimate of drug-likeness (QED) is 0.672. The maximum Gasteiger partial charge on any atom is 0.244 e. The molecule has 0 spiro atoms. The first-order valence-electron chi connectivity index (χ1n) is 8.51. The van der Waals surface area contributed by atoms with Gasteiger partial charge in [-0.15, -0.1) is 0 Å². The van der Waals surface area contributed by atoms with Crippen molar-refractivity contribution >= 4 is 22.9 Å². The second-order valence-corrected chi connectivity index (χ2v) is 7.14. The molecule has 0 bridgehead atoms. The first-order chi connectivity index (χ1) is 11.2. The zero-order valence-corrected chi connectivity index (χ0v) is 13.5. The minimum atomic E-state index is 0.0934. The van der Waals surface area contributed by atoms with Crippen LogP contribution in [0.25, 0.3) is 10.8 Å².